The molecule has 0 fully saturated rings. The van der Waals surface area contributed by atoms with Gasteiger partial charge in [-0.1, -0.05) is 35.6 Å². The number of aliphatic imine (C=N–C) groups is 1. The van der Waals surface area contributed by atoms with E-state index in [0.29, 0.717) is 23.1 Å². The minimum atomic E-state index is -4.60. The van der Waals surface area contributed by atoms with Crippen molar-refractivity contribution in [2.75, 3.05) is 18.4 Å². The first-order valence-electron chi connectivity index (χ1n) is 14.7. The van der Waals surface area contributed by atoms with E-state index < -0.39 is 23.7 Å². The second-order valence-corrected chi connectivity index (χ2v) is 12.5. The minimum Gasteiger partial charge on any atom is -0.356 e. The van der Waals surface area contributed by atoms with Gasteiger partial charge in [-0.05, 0) is 63.1 Å². The Bertz CT molecular complexity index is 1930. The highest BCUT2D eigenvalue weighted by Gasteiger charge is 2.34. The number of aryl methyl sites for hydroxylation is 2. The lowest BCUT2D eigenvalue weighted by Gasteiger charge is -2.13. The number of hydrogen-bond donors (Lipinski definition) is 3. The van der Waals surface area contributed by atoms with Gasteiger partial charge in [-0.15, -0.1) is 33.9 Å². The van der Waals surface area contributed by atoms with Gasteiger partial charge in [0.2, 0.25) is 11.8 Å². The summed E-state index contributed by atoms with van der Waals surface area (Å²) in [4.78, 5) is 31.9. The Morgan fingerprint density at radius 2 is 1.81 bits per heavy atom. The van der Waals surface area contributed by atoms with Gasteiger partial charge in [0.15, 0.2) is 5.82 Å². The number of nitrogens with zero attached hydrogens (tertiary/aromatic N) is 4. The van der Waals surface area contributed by atoms with Crippen LogP contribution in [0.15, 0.2) is 47.5 Å². The molecule has 2 aromatic carbocycles. The first kappa shape index (κ1) is 36.6. The SMILES string of the molecule is Cc1sc2c(c1C)C(c1ccc(Cl)cc1)=NC(CC(=O)NCCCC(=O)Nc1ccc(C(F)(F)F)c(C#CCN)c1)c1nnc(C)n1-2.Cl. The molecule has 15 heteroatoms. The average molecular weight is 719 g/mol. The molecule has 2 amide bonds. The van der Waals surface area contributed by atoms with Crippen molar-refractivity contribution in [3.63, 3.8) is 0 Å². The first-order valence-corrected chi connectivity index (χ1v) is 15.9. The van der Waals surface area contributed by atoms with Crippen LogP contribution in [0.5, 0.6) is 0 Å². The fourth-order valence-electron chi connectivity index (χ4n) is 5.20. The van der Waals surface area contributed by atoms with E-state index in [4.69, 9.17) is 22.3 Å². The van der Waals surface area contributed by atoms with Gasteiger partial charge >= 0.3 is 6.18 Å². The van der Waals surface area contributed by atoms with Crippen molar-refractivity contribution in [1.82, 2.24) is 20.1 Å². The number of alkyl halides is 3. The predicted molar refractivity (Wildman–Crippen MR) is 183 cm³/mol. The van der Waals surface area contributed by atoms with E-state index in [1.807, 2.05) is 30.5 Å². The largest absolute Gasteiger partial charge is 0.417 e. The molecule has 0 aliphatic carbocycles. The number of rotatable bonds is 8. The number of aromatic nitrogens is 3. The van der Waals surface area contributed by atoms with E-state index in [0.717, 1.165) is 38.3 Å². The lowest BCUT2D eigenvalue weighted by molar-refractivity contribution is -0.137. The second kappa shape index (κ2) is 15.3. The Kier molecular flexibility index (Phi) is 11.7. The summed E-state index contributed by atoms with van der Waals surface area (Å²) in [6.07, 6.45) is -4.28. The highest BCUT2D eigenvalue weighted by Crippen LogP contribution is 2.39. The molecule has 0 spiro atoms. The normalized spacial score (nSPS) is 13.6. The standard InChI is InChI=1S/C33H31ClF3N7O2S.ClH/c1-18-19(2)47-32-29(18)30(21-8-10-23(34)11-9-21)41-26(31-43-42-20(3)44(31)32)17-28(46)39-15-5-7-27(45)40-24-12-13-25(33(35,36)37)22(16-24)6-4-14-38;/h8-13,16,26H,5,7,14-15,17,38H2,1-3H3,(H,39,46)(H,40,45);1H. The number of amides is 2. The molecule has 9 nitrogen and oxygen atoms in total. The second-order valence-electron chi connectivity index (χ2n) is 10.9. The highest BCUT2D eigenvalue weighted by molar-refractivity contribution is 7.15. The maximum atomic E-state index is 13.3. The molecule has 0 bridgehead atoms. The van der Waals surface area contributed by atoms with Gasteiger partial charge in [0.1, 0.15) is 16.9 Å². The third-order valence-electron chi connectivity index (χ3n) is 7.57. The van der Waals surface area contributed by atoms with Gasteiger partial charge in [-0.3, -0.25) is 19.1 Å². The molecule has 0 saturated heterocycles. The first-order chi connectivity index (χ1) is 22.4. The maximum Gasteiger partial charge on any atom is 0.417 e. The molecule has 0 saturated carbocycles. The fraction of sp³-hybridized carbons (Fsp3) is 0.303. The molecule has 5 rings (SSSR count). The van der Waals surface area contributed by atoms with Crippen LogP contribution in [0.4, 0.5) is 18.9 Å². The number of benzene rings is 2. The molecular formula is C33H32Cl2F3N7O2S. The third kappa shape index (κ3) is 8.07. The van der Waals surface area contributed by atoms with Crippen LogP contribution in [-0.2, 0) is 15.8 Å². The van der Waals surface area contributed by atoms with E-state index in [1.54, 1.807) is 23.5 Å². The van der Waals surface area contributed by atoms with Crippen LogP contribution in [0.2, 0.25) is 5.02 Å². The number of halogens is 5. The van der Waals surface area contributed by atoms with Gasteiger partial charge in [-0.2, -0.15) is 13.2 Å². The van der Waals surface area contributed by atoms with Crippen LogP contribution < -0.4 is 16.4 Å². The quantitative estimate of drug-likeness (QED) is 0.142. The number of thiophene rings is 1. The van der Waals surface area contributed by atoms with Crippen molar-refractivity contribution >= 4 is 58.6 Å². The molecule has 0 radical (unpaired) electrons. The van der Waals surface area contributed by atoms with Crippen molar-refractivity contribution in [3.8, 4) is 16.8 Å². The van der Waals surface area contributed by atoms with Crippen LogP contribution >= 0.6 is 35.3 Å². The monoisotopic (exact) mass is 717 g/mol. The zero-order valence-electron chi connectivity index (χ0n) is 26.2. The van der Waals surface area contributed by atoms with Crippen molar-refractivity contribution in [1.29, 1.82) is 0 Å². The zero-order valence-corrected chi connectivity index (χ0v) is 28.6. The van der Waals surface area contributed by atoms with E-state index in [1.165, 1.54) is 12.1 Å². The van der Waals surface area contributed by atoms with Gasteiger partial charge in [0, 0.05) is 45.2 Å². The Labute approximate surface area is 290 Å². The number of nitrogens with two attached hydrogens (primary N) is 1. The average Bonchev–Trinajstić information content (AvgIpc) is 3.50. The van der Waals surface area contributed by atoms with Gasteiger partial charge in [0.05, 0.1) is 24.2 Å². The Morgan fingerprint density at radius 1 is 1.08 bits per heavy atom. The van der Waals surface area contributed by atoms with Crippen molar-refractivity contribution in [3.05, 3.63) is 91.8 Å². The molecule has 48 heavy (non-hydrogen) atoms. The maximum absolute atomic E-state index is 13.3. The summed E-state index contributed by atoms with van der Waals surface area (Å²) >= 11 is 7.79. The molecule has 4 N–H and O–H groups in total. The van der Waals surface area contributed by atoms with E-state index >= 15 is 0 Å². The lowest BCUT2D eigenvalue weighted by Crippen LogP contribution is -2.27. The summed E-state index contributed by atoms with van der Waals surface area (Å²) in [6.45, 7) is 6.05. The van der Waals surface area contributed by atoms with Crippen LogP contribution in [-0.4, -0.2) is 45.4 Å². The molecule has 252 valence electrons. The van der Waals surface area contributed by atoms with E-state index in [2.05, 4.69) is 39.6 Å². The summed E-state index contributed by atoms with van der Waals surface area (Å²) in [5.41, 5.74) is 7.93. The van der Waals surface area contributed by atoms with E-state index in [9.17, 15) is 22.8 Å². The summed E-state index contributed by atoms with van der Waals surface area (Å²) in [7, 11) is 0. The highest BCUT2D eigenvalue weighted by atomic mass is 35.5. The molecule has 1 atom stereocenters. The molecule has 1 aliphatic rings. The Balaban J connectivity index is 0.00000520. The van der Waals surface area contributed by atoms with Gasteiger partial charge < -0.3 is 16.4 Å². The molecule has 4 aromatic rings. The number of nitrogens with one attached hydrogen (secondary N) is 2. The summed E-state index contributed by atoms with van der Waals surface area (Å²) in [5, 5.41) is 15.7. The van der Waals surface area contributed by atoms with Crippen molar-refractivity contribution in [2.45, 2.75) is 52.3 Å². The molecule has 1 unspecified atom stereocenters. The molecule has 1 aliphatic heterocycles. The molecule has 3 heterocycles. The van der Waals surface area contributed by atoms with Crippen molar-refractivity contribution < 1.29 is 22.8 Å². The number of anilines is 1. The number of fused-ring (bicyclic) bond motifs is 3. The number of carbonyl (C=O) groups is 2. The summed E-state index contributed by atoms with van der Waals surface area (Å²) < 4.78 is 42.0. The van der Waals surface area contributed by atoms with Crippen molar-refractivity contribution in [2.24, 2.45) is 10.7 Å². The molecule has 2 aromatic heterocycles. The van der Waals surface area contributed by atoms with E-state index in [-0.39, 0.29) is 55.5 Å². The predicted octanol–water partition coefficient (Wildman–Crippen LogP) is 6.48. The topological polar surface area (TPSA) is 127 Å². The number of carbonyl (C=O) groups excluding carboxylic acids is 2. The van der Waals surface area contributed by atoms with Crippen LogP contribution in [0.25, 0.3) is 5.00 Å². The zero-order chi connectivity index (χ0) is 33.9. The summed E-state index contributed by atoms with van der Waals surface area (Å²) in [5.74, 6) is 5.35. The Hall–Kier alpha value is -4.22. The fourth-order valence-corrected chi connectivity index (χ4v) is 6.54. The van der Waals surface area contributed by atoms with Crippen LogP contribution in [0.1, 0.15) is 69.6 Å². The Morgan fingerprint density at radius 3 is 2.50 bits per heavy atom. The van der Waals surface area contributed by atoms with Gasteiger partial charge in [-0.25, -0.2) is 0 Å². The minimum absolute atomic E-state index is 0. The lowest BCUT2D eigenvalue weighted by atomic mass is 9.99. The van der Waals surface area contributed by atoms with Crippen LogP contribution in [0, 0.1) is 32.6 Å². The summed E-state index contributed by atoms with van der Waals surface area (Å²) in [6, 6.07) is 9.97. The number of hydrogen-bond acceptors (Lipinski definition) is 7. The third-order valence-corrected chi connectivity index (χ3v) is 9.02. The van der Waals surface area contributed by atoms with Gasteiger partial charge in [0.25, 0.3) is 0 Å². The van der Waals surface area contributed by atoms with Crippen LogP contribution in [0.3, 0.4) is 0 Å². The smallest absolute Gasteiger partial charge is 0.356 e. The molecular weight excluding hydrogens is 686 g/mol.